The number of halogens is 1. The number of nitrogens with two attached hydrogens (primary N) is 1. The largest absolute Gasteiger partial charge is 0.462 e. The highest BCUT2D eigenvalue weighted by Crippen LogP contribution is 2.62. The Hall–Kier alpha value is -2.04. The fourth-order valence-electron chi connectivity index (χ4n) is 6.04. The molecule has 2 aliphatic carbocycles. The van der Waals surface area contributed by atoms with Crippen molar-refractivity contribution >= 4 is 17.6 Å². The summed E-state index contributed by atoms with van der Waals surface area (Å²) in [6, 6.07) is 15.1. The van der Waals surface area contributed by atoms with Gasteiger partial charge in [0.15, 0.2) is 0 Å². The molecule has 4 atom stereocenters. The van der Waals surface area contributed by atoms with Crippen LogP contribution in [0.1, 0.15) is 37.3 Å². The Bertz CT molecular complexity index is 991. The molecule has 0 saturated heterocycles. The number of hydrogen-bond donors (Lipinski definition) is 1. The molecule has 0 aromatic heterocycles. The molecule has 0 bridgehead atoms. The molecule has 5 heteroatoms. The smallest absolute Gasteiger partial charge is 0.283 e. The zero-order valence-electron chi connectivity index (χ0n) is 17.0. The Kier molecular flexibility index (Phi) is 4.41. The molecule has 1 aliphatic heterocycles. The van der Waals surface area contributed by atoms with Crippen molar-refractivity contribution in [1.29, 1.82) is 0 Å². The van der Waals surface area contributed by atoms with Crippen molar-refractivity contribution in [3.63, 3.8) is 0 Å². The summed E-state index contributed by atoms with van der Waals surface area (Å²) in [5.74, 6) is 0.476. The second kappa shape index (κ2) is 6.75. The minimum Gasteiger partial charge on any atom is -0.462 e. The van der Waals surface area contributed by atoms with E-state index in [2.05, 4.69) is 31.2 Å². The highest BCUT2D eigenvalue weighted by Gasteiger charge is 2.62. The van der Waals surface area contributed by atoms with Crippen LogP contribution in [0.4, 0.5) is 0 Å². The van der Waals surface area contributed by atoms with Crippen LogP contribution >= 0.6 is 11.6 Å². The van der Waals surface area contributed by atoms with Gasteiger partial charge in [-0.15, -0.1) is 0 Å². The molecule has 0 radical (unpaired) electrons. The van der Waals surface area contributed by atoms with Gasteiger partial charge in [-0.25, -0.2) is 4.99 Å². The predicted molar refractivity (Wildman–Crippen MR) is 116 cm³/mol. The lowest BCUT2D eigenvalue weighted by Crippen LogP contribution is -2.48. The van der Waals surface area contributed by atoms with Gasteiger partial charge >= 0.3 is 0 Å². The molecule has 1 fully saturated rings. The summed E-state index contributed by atoms with van der Waals surface area (Å²) in [5.41, 5.74) is 10.6. The Balaban J connectivity index is 1.62. The zero-order chi connectivity index (χ0) is 20.2. The number of hydrogen-bond acceptors (Lipinski definition) is 4. The SMILES string of the molecule is CO[C@@H]1CC[C@]2(Cc3ccc(-c4cccc(Cl)c4)cc3[C@@]23COC(N)=N3)C[C@H]1C. The average molecular weight is 411 g/mol. The molecule has 0 amide bonds. The van der Waals surface area contributed by atoms with Gasteiger partial charge in [0.25, 0.3) is 6.02 Å². The van der Waals surface area contributed by atoms with E-state index in [4.69, 9.17) is 31.8 Å². The van der Waals surface area contributed by atoms with Crippen molar-refractivity contribution in [3.05, 3.63) is 58.6 Å². The quantitative estimate of drug-likeness (QED) is 0.764. The Morgan fingerprint density at radius 3 is 2.72 bits per heavy atom. The van der Waals surface area contributed by atoms with E-state index in [9.17, 15) is 0 Å². The Morgan fingerprint density at radius 1 is 1.21 bits per heavy atom. The number of rotatable bonds is 2. The van der Waals surface area contributed by atoms with Crippen LogP contribution in [0.15, 0.2) is 47.5 Å². The van der Waals surface area contributed by atoms with Crippen molar-refractivity contribution in [2.45, 2.75) is 44.2 Å². The van der Waals surface area contributed by atoms with Crippen LogP contribution in [-0.2, 0) is 21.4 Å². The monoisotopic (exact) mass is 410 g/mol. The number of benzene rings is 2. The Labute approximate surface area is 177 Å². The number of nitrogens with zero attached hydrogens (tertiary/aromatic N) is 1. The number of aliphatic imine (C=N–C) groups is 1. The van der Waals surface area contributed by atoms with E-state index in [1.165, 1.54) is 11.1 Å². The Morgan fingerprint density at radius 2 is 2.03 bits per heavy atom. The van der Waals surface area contributed by atoms with Crippen LogP contribution in [0, 0.1) is 11.3 Å². The van der Waals surface area contributed by atoms with Crippen molar-refractivity contribution in [2.75, 3.05) is 13.7 Å². The maximum atomic E-state index is 6.24. The van der Waals surface area contributed by atoms with Gasteiger partial charge in [0.1, 0.15) is 12.1 Å². The van der Waals surface area contributed by atoms with Crippen LogP contribution in [0.25, 0.3) is 11.1 Å². The van der Waals surface area contributed by atoms with E-state index in [1.54, 1.807) is 0 Å². The first-order chi connectivity index (χ1) is 14.0. The van der Waals surface area contributed by atoms with Gasteiger partial charge in [-0.3, -0.25) is 0 Å². The summed E-state index contributed by atoms with van der Waals surface area (Å²) < 4.78 is 11.5. The second-order valence-corrected chi connectivity index (χ2v) is 9.37. The fraction of sp³-hybridized carbons (Fsp3) is 0.458. The summed E-state index contributed by atoms with van der Waals surface area (Å²) in [6.07, 6.45) is 4.50. The van der Waals surface area contributed by atoms with Gasteiger partial charge in [-0.2, -0.15) is 0 Å². The maximum absolute atomic E-state index is 6.24. The van der Waals surface area contributed by atoms with Gasteiger partial charge in [-0.05, 0) is 72.1 Å². The molecule has 4 nitrogen and oxygen atoms in total. The van der Waals surface area contributed by atoms with Crippen molar-refractivity contribution in [2.24, 2.45) is 22.1 Å². The van der Waals surface area contributed by atoms with E-state index < -0.39 is 5.54 Å². The number of amidine groups is 1. The first kappa shape index (κ1) is 19.0. The summed E-state index contributed by atoms with van der Waals surface area (Å²) in [5, 5.41) is 0.743. The van der Waals surface area contributed by atoms with Gasteiger partial charge in [-0.1, -0.05) is 42.8 Å². The maximum Gasteiger partial charge on any atom is 0.283 e. The first-order valence-corrected chi connectivity index (χ1v) is 10.7. The van der Waals surface area contributed by atoms with Gasteiger partial charge in [0.2, 0.25) is 0 Å². The van der Waals surface area contributed by atoms with Crippen LogP contribution in [0.5, 0.6) is 0 Å². The molecule has 2 aromatic carbocycles. The van der Waals surface area contributed by atoms with E-state index >= 15 is 0 Å². The van der Waals surface area contributed by atoms with E-state index in [1.807, 2.05) is 25.3 Å². The number of fused-ring (bicyclic) bond motifs is 3. The predicted octanol–water partition coefficient (Wildman–Crippen LogP) is 4.92. The lowest BCUT2D eigenvalue weighted by Gasteiger charge is -2.47. The van der Waals surface area contributed by atoms with Crippen molar-refractivity contribution in [3.8, 4) is 11.1 Å². The summed E-state index contributed by atoms with van der Waals surface area (Å²) >= 11 is 6.24. The second-order valence-electron chi connectivity index (χ2n) is 8.93. The molecule has 5 rings (SSSR count). The van der Waals surface area contributed by atoms with Gasteiger partial charge in [0.05, 0.1) is 6.10 Å². The lowest BCUT2D eigenvalue weighted by molar-refractivity contribution is -0.0445. The van der Waals surface area contributed by atoms with Crippen LogP contribution in [0.3, 0.4) is 0 Å². The van der Waals surface area contributed by atoms with Gasteiger partial charge in [0, 0.05) is 17.5 Å². The minimum atomic E-state index is -0.409. The molecule has 1 saturated carbocycles. The summed E-state index contributed by atoms with van der Waals surface area (Å²) in [7, 11) is 1.82. The number of ether oxygens (including phenoxy) is 2. The molecular weight excluding hydrogens is 384 g/mol. The summed E-state index contributed by atoms with van der Waals surface area (Å²) in [6.45, 7) is 2.82. The zero-order valence-corrected chi connectivity index (χ0v) is 17.7. The summed E-state index contributed by atoms with van der Waals surface area (Å²) in [4.78, 5) is 4.98. The van der Waals surface area contributed by atoms with Crippen molar-refractivity contribution in [1.82, 2.24) is 0 Å². The molecular formula is C24H27ClN2O2. The van der Waals surface area contributed by atoms with E-state index in [-0.39, 0.29) is 5.41 Å². The van der Waals surface area contributed by atoms with Crippen LogP contribution < -0.4 is 5.73 Å². The van der Waals surface area contributed by atoms with E-state index in [0.717, 1.165) is 41.8 Å². The molecule has 2 aromatic rings. The molecule has 152 valence electrons. The third-order valence-corrected chi connectivity index (χ3v) is 7.64. The van der Waals surface area contributed by atoms with Crippen LogP contribution in [0.2, 0.25) is 5.02 Å². The highest BCUT2D eigenvalue weighted by atomic mass is 35.5. The topological polar surface area (TPSA) is 56.8 Å². The molecule has 0 unspecified atom stereocenters. The minimum absolute atomic E-state index is 0.0257. The fourth-order valence-corrected chi connectivity index (χ4v) is 6.23. The van der Waals surface area contributed by atoms with Crippen molar-refractivity contribution < 1.29 is 9.47 Å². The molecule has 29 heavy (non-hydrogen) atoms. The molecule has 3 aliphatic rings. The number of methoxy groups -OCH3 is 1. The standard InChI is InChI=1S/C24H27ClN2O2/c1-15-12-23(9-8-21(15)28-2)13-18-7-6-17(16-4-3-5-19(25)10-16)11-20(18)24(23)14-29-22(26)27-24/h3-7,10-11,15,21H,8-9,12-14H2,1-2H3,(H2,26,27)/t15-,21-,23-,24+/m1/s1. The highest BCUT2D eigenvalue weighted by molar-refractivity contribution is 6.30. The third-order valence-electron chi connectivity index (χ3n) is 7.41. The first-order valence-electron chi connectivity index (χ1n) is 10.4. The average Bonchev–Trinajstić information content (AvgIpc) is 3.21. The lowest BCUT2D eigenvalue weighted by atomic mass is 9.59. The van der Waals surface area contributed by atoms with Crippen LogP contribution in [-0.4, -0.2) is 25.8 Å². The van der Waals surface area contributed by atoms with Gasteiger partial charge < -0.3 is 15.2 Å². The third kappa shape index (κ3) is 2.80. The normalized spacial score (nSPS) is 33.0. The van der Waals surface area contributed by atoms with E-state index in [0.29, 0.717) is 24.7 Å². The molecule has 2 spiro atoms. The molecule has 1 heterocycles. The molecule has 2 N–H and O–H groups in total.